The number of nitrogens with zero attached hydrogens (tertiary/aromatic N) is 2. The molecule has 2 aromatic carbocycles. The van der Waals surface area contributed by atoms with E-state index in [1.165, 1.54) is 5.56 Å². The summed E-state index contributed by atoms with van der Waals surface area (Å²) < 4.78 is 5.36. The van der Waals surface area contributed by atoms with Crippen LogP contribution in [0, 0.1) is 6.92 Å². The quantitative estimate of drug-likeness (QED) is 0.674. The Morgan fingerprint density at radius 3 is 2.68 bits per heavy atom. The number of ether oxygens (including phenoxy) is 1. The number of hydrazone groups is 1. The van der Waals surface area contributed by atoms with Crippen molar-refractivity contribution in [1.82, 2.24) is 10.3 Å². The van der Waals surface area contributed by atoms with Gasteiger partial charge in [-0.2, -0.15) is 5.10 Å². The zero-order valence-electron chi connectivity index (χ0n) is 14.4. The van der Waals surface area contributed by atoms with E-state index in [2.05, 4.69) is 15.4 Å². The molecule has 0 aromatic heterocycles. The zero-order valence-corrected chi connectivity index (χ0v) is 14.4. The van der Waals surface area contributed by atoms with Crippen LogP contribution in [0.3, 0.4) is 0 Å². The molecule has 25 heavy (non-hydrogen) atoms. The van der Waals surface area contributed by atoms with Crippen LogP contribution in [0.15, 0.2) is 53.6 Å². The minimum absolute atomic E-state index is 0.207. The Kier molecular flexibility index (Phi) is 5.93. The number of hydrogen-bond acceptors (Lipinski definition) is 4. The monoisotopic (exact) mass is 337 g/mol. The molecule has 2 aromatic rings. The van der Waals surface area contributed by atoms with Gasteiger partial charge in [-0.3, -0.25) is 9.69 Å². The summed E-state index contributed by atoms with van der Waals surface area (Å²) in [7, 11) is 0. The lowest BCUT2D eigenvalue weighted by Gasteiger charge is -2.26. The van der Waals surface area contributed by atoms with Crippen LogP contribution in [0.1, 0.15) is 27.0 Å². The average Bonchev–Trinajstić information content (AvgIpc) is 2.63. The maximum absolute atomic E-state index is 12.2. The van der Waals surface area contributed by atoms with Crippen molar-refractivity contribution in [2.24, 2.45) is 5.10 Å². The molecular formula is C20H23N3O2. The molecule has 1 saturated heterocycles. The molecule has 0 aliphatic carbocycles. The van der Waals surface area contributed by atoms with Gasteiger partial charge < -0.3 is 4.74 Å². The van der Waals surface area contributed by atoms with Crippen LogP contribution in [0.25, 0.3) is 0 Å². The van der Waals surface area contributed by atoms with Gasteiger partial charge in [0.2, 0.25) is 0 Å². The maximum atomic E-state index is 12.2. The smallest absolute Gasteiger partial charge is 0.271 e. The van der Waals surface area contributed by atoms with Crippen LogP contribution in [0.2, 0.25) is 0 Å². The lowest BCUT2D eigenvalue weighted by atomic mass is 10.1. The second-order valence-corrected chi connectivity index (χ2v) is 6.20. The molecule has 0 atom stereocenters. The largest absolute Gasteiger partial charge is 0.379 e. The summed E-state index contributed by atoms with van der Waals surface area (Å²) in [4.78, 5) is 14.5. The van der Waals surface area contributed by atoms with Crippen LogP contribution in [0.5, 0.6) is 0 Å². The summed E-state index contributed by atoms with van der Waals surface area (Å²) in [5, 5.41) is 4.03. The van der Waals surface area contributed by atoms with Crippen molar-refractivity contribution in [2.45, 2.75) is 13.5 Å². The van der Waals surface area contributed by atoms with Gasteiger partial charge in [0.15, 0.2) is 0 Å². The molecule has 0 radical (unpaired) electrons. The zero-order chi connectivity index (χ0) is 17.5. The van der Waals surface area contributed by atoms with E-state index in [0.717, 1.165) is 44.0 Å². The maximum Gasteiger partial charge on any atom is 0.271 e. The SMILES string of the molecule is Cc1cccc(/C=N\NC(=O)c2ccc(CN3CCOCC3)cc2)c1. The first-order valence-electron chi connectivity index (χ1n) is 8.50. The van der Waals surface area contributed by atoms with Crippen molar-refractivity contribution in [3.63, 3.8) is 0 Å². The average molecular weight is 337 g/mol. The van der Waals surface area contributed by atoms with Crippen LogP contribution < -0.4 is 5.43 Å². The third-order valence-electron chi connectivity index (χ3n) is 4.15. The molecule has 1 fully saturated rings. The first-order valence-corrected chi connectivity index (χ1v) is 8.50. The number of amides is 1. The molecule has 1 amide bonds. The van der Waals surface area contributed by atoms with E-state index in [9.17, 15) is 4.79 Å². The molecule has 130 valence electrons. The van der Waals surface area contributed by atoms with E-state index in [1.807, 2.05) is 55.5 Å². The summed E-state index contributed by atoms with van der Waals surface area (Å²) in [6.45, 7) is 6.40. The fourth-order valence-electron chi connectivity index (χ4n) is 2.76. The minimum Gasteiger partial charge on any atom is -0.379 e. The summed E-state index contributed by atoms with van der Waals surface area (Å²) in [6.07, 6.45) is 1.65. The van der Waals surface area contributed by atoms with E-state index in [4.69, 9.17) is 4.74 Å². The Morgan fingerprint density at radius 1 is 1.20 bits per heavy atom. The molecule has 5 nitrogen and oxygen atoms in total. The second-order valence-electron chi connectivity index (χ2n) is 6.20. The van der Waals surface area contributed by atoms with Crippen LogP contribution in [-0.2, 0) is 11.3 Å². The lowest BCUT2D eigenvalue weighted by molar-refractivity contribution is 0.0342. The van der Waals surface area contributed by atoms with Crippen molar-refractivity contribution < 1.29 is 9.53 Å². The number of carbonyl (C=O) groups excluding carboxylic acids is 1. The normalized spacial score (nSPS) is 15.4. The molecule has 0 spiro atoms. The third-order valence-corrected chi connectivity index (χ3v) is 4.15. The molecule has 0 unspecified atom stereocenters. The van der Waals surface area contributed by atoms with E-state index >= 15 is 0 Å². The van der Waals surface area contributed by atoms with E-state index in [1.54, 1.807) is 6.21 Å². The third kappa shape index (κ3) is 5.24. The minimum atomic E-state index is -0.207. The van der Waals surface area contributed by atoms with Crippen molar-refractivity contribution in [1.29, 1.82) is 0 Å². The van der Waals surface area contributed by atoms with Gasteiger partial charge >= 0.3 is 0 Å². The first kappa shape index (κ1) is 17.3. The molecule has 1 aliphatic rings. The number of morpholine rings is 1. The number of nitrogens with one attached hydrogen (secondary N) is 1. The number of benzene rings is 2. The number of rotatable bonds is 5. The Balaban J connectivity index is 1.53. The molecule has 1 heterocycles. The topological polar surface area (TPSA) is 53.9 Å². The summed E-state index contributed by atoms with van der Waals surface area (Å²) >= 11 is 0. The van der Waals surface area contributed by atoms with E-state index in [-0.39, 0.29) is 5.91 Å². The fourth-order valence-corrected chi connectivity index (χ4v) is 2.76. The standard InChI is InChI=1S/C20H23N3O2/c1-16-3-2-4-18(13-16)14-21-22-20(24)19-7-5-17(6-8-19)15-23-9-11-25-12-10-23/h2-8,13-14H,9-12,15H2,1H3,(H,22,24)/b21-14-. The summed E-state index contributed by atoms with van der Waals surface area (Å²) in [5.41, 5.74) is 6.49. The van der Waals surface area contributed by atoms with Gasteiger partial charge in [-0.1, -0.05) is 42.0 Å². The summed E-state index contributed by atoms with van der Waals surface area (Å²) in [5.74, 6) is -0.207. The Labute approximate surface area is 148 Å². The van der Waals surface area contributed by atoms with Gasteiger partial charge in [-0.05, 0) is 30.2 Å². The van der Waals surface area contributed by atoms with Crippen molar-refractivity contribution in [3.8, 4) is 0 Å². The summed E-state index contributed by atoms with van der Waals surface area (Å²) in [6, 6.07) is 15.6. The van der Waals surface area contributed by atoms with Gasteiger partial charge in [0, 0.05) is 25.2 Å². The first-order chi connectivity index (χ1) is 12.2. The molecule has 5 heteroatoms. The Hall–Kier alpha value is -2.50. The molecule has 3 rings (SSSR count). The molecule has 1 N–H and O–H groups in total. The van der Waals surface area contributed by atoms with Gasteiger partial charge in [-0.15, -0.1) is 0 Å². The molecular weight excluding hydrogens is 314 g/mol. The molecule has 1 aliphatic heterocycles. The predicted molar refractivity (Wildman–Crippen MR) is 98.8 cm³/mol. The fraction of sp³-hybridized carbons (Fsp3) is 0.300. The Bertz CT molecular complexity index is 735. The van der Waals surface area contributed by atoms with Gasteiger partial charge in [0.1, 0.15) is 0 Å². The number of hydrogen-bond donors (Lipinski definition) is 1. The molecule has 0 saturated carbocycles. The predicted octanol–water partition coefficient (Wildman–Crippen LogP) is 2.59. The highest BCUT2D eigenvalue weighted by Gasteiger charge is 2.11. The van der Waals surface area contributed by atoms with Crippen molar-refractivity contribution in [3.05, 3.63) is 70.8 Å². The van der Waals surface area contributed by atoms with Crippen LogP contribution >= 0.6 is 0 Å². The highest BCUT2D eigenvalue weighted by molar-refractivity contribution is 5.94. The van der Waals surface area contributed by atoms with Gasteiger partial charge in [-0.25, -0.2) is 5.43 Å². The highest BCUT2D eigenvalue weighted by atomic mass is 16.5. The second kappa shape index (κ2) is 8.55. The van der Waals surface area contributed by atoms with Crippen LogP contribution in [0.4, 0.5) is 0 Å². The Morgan fingerprint density at radius 2 is 1.96 bits per heavy atom. The van der Waals surface area contributed by atoms with Crippen molar-refractivity contribution in [2.75, 3.05) is 26.3 Å². The number of aryl methyl sites for hydroxylation is 1. The number of carbonyl (C=O) groups is 1. The van der Waals surface area contributed by atoms with Crippen molar-refractivity contribution >= 4 is 12.1 Å². The molecule has 0 bridgehead atoms. The van der Waals surface area contributed by atoms with Gasteiger partial charge in [0.25, 0.3) is 5.91 Å². The van der Waals surface area contributed by atoms with Crippen LogP contribution in [-0.4, -0.2) is 43.3 Å². The highest BCUT2D eigenvalue weighted by Crippen LogP contribution is 2.09. The van der Waals surface area contributed by atoms with Gasteiger partial charge in [0.05, 0.1) is 19.4 Å². The van der Waals surface area contributed by atoms with E-state index in [0.29, 0.717) is 5.56 Å². The lowest BCUT2D eigenvalue weighted by Crippen LogP contribution is -2.35. The van der Waals surface area contributed by atoms with E-state index < -0.39 is 0 Å².